The average Bonchev–Trinajstić information content (AvgIpc) is 3.03. The molecule has 3 amide bonds. The number of sulfone groups is 1. The summed E-state index contributed by atoms with van der Waals surface area (Å²) in [6, 6.07) is 16.3. The molecule has 1 aromatic heterocycles. The second kappa shape index (κ2) is 15.4. The summed E-state index contributed by atoms with van der Waals surface area (Å²) in [6.07, 6.45) is 3.96. The number of ether oxygens (including phenoxy) is 2. The van der Waals surface area contributed by atoms with Crippen molar-refractivity contribution in [3.8, 4) is 17.4 Å². The maximum Gasteiger partial charge on any atom is 0.326 e. The van der Waals surface area contributed by atoms with Crippen molar-refractivity contribution in [2.24, 2.45) is 5.73 Å². The number of aromatic nitrogens is 1. The van der Waals surface area contributed by atoms with Crippen molar-refractivity contribution < 1.29 is 36.3 Å². The molecule has 1 aliphatic rings. The van der Waals surface area contributed by atoms with Crippen molar-refractivity contribution in [3.63, 3.8) is 0 Å². The van der Waals surface area contributed by atoms with E-state index in [0.29, 0.717) is 49.8 Å². The third-order valence-electron chi connectivity index (χ3n) is 7.69. The van der Waals surface area contributed by atoms with E-state index < -0.39 is 33.4 Å². The Bertz CT molecular complexity index is 1890. The number of carbonyl (C=O) groups is 2. The molecule has 11 nitrogen and oxygen atoms in total. The maximum absolute atomic E-state index is 14.2. The summed E-state index contributed by atoms with van der Waals surface area (Å²) < 4.78 is 63.1. The first kappa shape index (κ1) is 36.1. The van der Waals surface area contributed by atoms with Gasteiger partial charge >= 0.3 is 6.03 Å². The second-order valence-electron chi connectivity index (χ2n) is 11.0. The van der Waals surface area contributed by atoms with Crippen LogP contribution in [0.2, 0.25) is 0 Å². The fourth-order valence-electron chi connectivity index (χ4n) is 5.33. The van der Waals surface area contributed by atoms with E-state index in [2.05, 4.69) is 15.2 Å². The number of nitrogens with one attached hydrogen (secondary N) is 1. The van der Waals surface area contributed by atoms with Gasteiger partial charge < -0.3 is 20.5 Å². The van der Waals surface area contributed by atoms with Gasteiger partial charge in [0.2, 0.25) is 5.88 Å². The average molecular weight is 702 g/mol. The van der Waals surface area contributed by atoms with E-state index in [9.17, 15) is 26.8 Å². The van der Waals surface area contributed by atoms with Gasteiger partial charge in [0.15, 0.2) is 21.3 Å². The zero-order chi connectivity index (χ0) is 33.7. The number of hydrogen-bond donors (Lipinski definition) is 2. The number of nitrogens with zero attached hydrogens (tertiary/aromatic N) is 3. The van der Waals surface area contributed by atoms with Crippen LogP contribution in [0.4, 0.5) is 25.0 Å². The predicted molar refractivity (Wildman–Crippen MR) is 179 cm³/mol. The van der Waals surface area contributed by atoms with Crippen LogP contribution in [0.3, 0.4) is 0 Å². The summed E-state index contributed by atoms with van der Waals surface area (Å²) in [7, 11) is -1.99. The number of piperidine rings is 1. The Morgan fingerprint density at radius 1 is 1.02 bits per heavy atom. The molecule has 3 aromatic carbocycles. The van der Waals surface area contributed by atoms with Gasteiger partial charge in [0, 0.05) is 61.6 Å². The lowest BCUT2D eigenvalue weighted by atomic mass is 10.0. The van der Waals surface area contributed by atoms with Gasteiger partial charge in [-0.2, -0.15) is 0 Å². The Kier molecular flexibility index (Phi) is 11.6. The van der Waals surface area contributed by atoms with Crippen molar-refractivity contribution in [3.05, 3.63) is 102 Å². The number of primary amides is 1. The number of pyridine rings is 1. The monoisotopic (exact) mass is 701 g/mol. The molecule has 0 bridgehead atoms. The molecule has 1 fully saturated rings. The summed E-state index contributed by atoms with van der Waals surface area (Å²) in [5.74, 6) is -1.38. The first-order valence-corrected chi connectivity index (χ1v) is 16.5. The molecule has 0 atom stereocenters. The molecular formula is C33H34ClF2N5O6S. The van der Waals surface area contributed by atoms with Gasteiger partial charge in [0.1, 0.15) is 11.6 Å². The second-order valence-corrected chi connectivity index (χ2v) is 13.1. The highest BCUT2D eigenvalue weighted by Gasteiger charge is 2.30. The van der Waals surface area contributed by atoms with Gasteiger partial charge in [-0.25, -0.2) is 27.0 Å². The molecule has 3 N–H and O–H groups in total. The number of hydrogen-bond acceptors (Lipinski definition) is 8. The van der Waals surface area contributed by atoms with Crippen LogP contribution in [-0.4, -0.2) is 62.7 Å². The molecule has 1 saturated heterocycles. The molecule has 254 valence electrons. The zero-order valence-electron chi connectivity index (χ0n) is 26.1. The number of benzene rings is 3. The molecule has 5 rings (SSSR count). The van der Waals surface area contributed by atoms with Gasteiger partial charge in [-0.1, -0.05) is 12.1 Å². The number of rotatable bonds is 10. The molecule has 1 aliphatic heterocycles. The van der Waals surface area contributed by atoms with Crippen LogP contribution in [0, 0.1) is 11.6 Å². The van der Waals surface area contributed by atoms with E-state index in [4.69, 9.17) is 15.2 Å². The van der Waals surface area contributed by atoms with Gasteiger partial charge in [-0.15, -0.1) is 12.4 Å². The van der Waals surface area contributed by atoms with Crippen molar-refractivity contribution in [2.45, 2.75) is 30.3 Å². The Morgan fingerprint density at radius 3 is 2.40 bits per heavy atom. The topological polar surface area (TPSA) is 144 Å². The molecule has 48 heavy (non-hydrogen) atoms. The van der Waals surface area contributed by atoms with Crippen LogP contribution in [-0.2, 0) is 16.4 Å². The minimum atomic E-state index is -3.41. The Balaban J connectivity index is 0.00000520. The van der Waals surface area contributed by atoms with Crippen molar-refractivity contribution >= 4 is 45.6 Å². The molecule has 0 saturated carbocycles. The van der Waals surface area contributed by atoms with Crippen LogP contribution in [0.5, 0.6) is 17.4 Å². The van der Waals surface area contributed by atoms with Crippen molar-refractivity contribution in [2.75, 3.05) is 36.7 Å². The van der Waals surface area contributed by atoms with Gasteiger partial charge in [0.25, 0.3) is 5.91 Å². The van der Waals surface area contributed by atoms with Crippen LogP contribution in [0.1, 0.15) is 28.8 Å². The fourth-order valence-corrected chi connectivity index (χ4v) is 5.97. The number of urea groups is 1. The number of anilines is 2. The summed E-state index contributed by atoms with van der Waals surface area (Å²) in [5, 5.41) is 2.69. The number of methoxy groups -OCH3 is 1. The van der Waals surface area contributed by atoms with Crippen LogP contribution >= 0.6 is 12.4 Å². The van der Waals surface area contributed by atoms with Gasteiger partial charge in [-0.3, -0.25) is 14.6 Å². The van der Waals surface area contributed by atoms with Crippen LogP contribution in [0.15, 0.2) is 83.9 Å². The first-order valence-electron chi connectivity index (χ1n) is 14.6. The van der Waals surface area contributed by atoms with Crippen molar-refractivity contribution in [1.82, 2.24) is 9.88 Å². The molecule has 4 aromatic rings. The lowest BCUT2D eigenvalue weighted by Crippen LogP contribution is -2.49. The minimum absolute atomic E-state index is 0. The number of likely N-dealkylation sites (tertiary alicyclic amines) is 1. The number of amides is 3. The Labute approximate surface area is 283 Å². The number of halogens is 3. The normalized spacial score (nSPS) is 13.7. The van der Waals surface area contributed by atoms with Gasteiger partial charge in [-0.05, 0) is 66.9 Å². The highest BCUT2D eigenvalue weighted by Crippen LogP contribution is 2.33. The van der Waals surface area contributed by atoms with E-state index in [1.165, 1.54) is 54.5 Å². The third kappa shape index (κ3) is 8.76. The molecule has 0 aliphatic carbocycles. The van der Waals surface area contributed by atoms with E-state index in [0.717, 1.165) is 24.0 Å². The van der Waals surface area contributed by atoms with Gasteiger partial charge in [0.05, 0.1) is 17.6 Å². The Hall–Kier alpha value is -4.79. The predicted octanol–water partition coefficient (Wildman–Crippen LogP) is 5.79. The third-order valence-corrected chi connectivity index (χ3v) is 8.80. The van der Waals surface area contributed by atoms with Crippen LogP contribution < -0.4 is 25.4 Å². The van der Waals surface area contributed by atoms with E-state index in [1.807, 2.05) is 6.07 Å². The highest BCUT2D eigenvalue weighted by molar-refractivity contribution is 7.90. The summed E-state index contributed by atoms with van der Waals surface area (Å²) >= 11 is 0. The van der Waals surface area contributed by atoms with E-state index in [1.54, 1.807) is 18.3 Å². The highest BCUT2D eigenvalue weighted by atomic mass is 35.5. The van der Waals surface area contributed by atoms with Crippen LogP contribution in [0.25, 0.3) is 0 Å². The Morgan fingerprint density at radius 2 is 1.77 bits per heavy atom. The maximum atomic E-state index is 14.2. The SMILES string of the molecule is COc1cc(S(C)(=O)=O)ccc1Oc1ccc(CN2CCC(N(C(=O)Nc3ccc(F)c(C(N)=O)c3)c3cccc(F)c3)CC2)cn1.Cl. The fraction of sp³-hybridized carbons (Fsp3) is 0.242. The standard InChI is InChI=1S/C33H33F2N5O6S.ClH/c1-45-30-18-26(47(2,43)44)8-10-29(30)46-31-11-6-21(19-37-31)20-39-14-12-24(13-15-39)40(25-5-3-4-22(34)16-25)33(42)38-23-7-9-28(35)27(17-23)32(36)41;/h3-11,16-19,24H,12-15,20H2,1-2H3,(H2,36,41)(H,38,42);1H. The lowest BCUT2D eigenvalue weighted by Gasteiger charge is -2.38. The summed E-state index contributed by atoms with van der Waals surface area (Å²) in [4.78, 5) is 33.3. The molecule has 15 heteroatoms. The molecule has 0 radical (unpaired) electrons. The quantitative estimate of drug-likeness (QED) is 0.212. The zero-order valence-corrected chi connectivity index (χ0v) is 27.7. The smallest absolute Gasteiger partial charge is 0.326 e. The molecule has 0 spiro atoms. The van der Waals surface area contributed by atoms with E-state index >= 15 is 0 Å². The number of nitrogens with two attached hydrogens (primary N) is 1. The first-order chi connectivity index (χ1) is 22.4. The number of carbonyl (C=O) groups excluding carboxylic acids is 2. The summed E-state index contributed by atoms with van der Waals surface area (Å²) in [6.45, 7) is 1.85. The largest absolute Gasteiger partial charge is 0.493 e. The molecule has 0 unspecified atom stereocenters. The van der Waals surface area contributed by atoms with Crippen molar-refractivity contribution in [1.29, 1.82) is 0 Å². The van der Waals surface area contributed by atoms with E-state index in [-0.39, 0.29) is 40.3 Å². The minimum Gasteiger partial charge on any atom is -0.493 e. The molecule has 2 heterocycles. The lowest BCUT2D eigenvalue weighted by molar-refractivity contribution is 0.0996. The summed E-state index contributed by atoms with van der Waals surface area (Å²) in [5.41, 5.74) is 6.36. The molecular weight excluding hydrogens is 668 g/mol.